The van der Waals surface area contributed by atoms with E-state index in [1.165, 1.54) is 0 Å². The first-order valence-corrected chi connectivity index (χ1v) is 6.11. The number of nitrogens with one attached hydrogen (secondary N) is 1. The molecule has 0 aliphatic carbocycles. The molecule has 0 saturated heterocycles. The summed E-state index contributed by atoms with van der Waals surface area (Å²) < 4.78 is 7.25. The molecule has 1 heterocycles. The quantitative estimate of drug-likeness (QED) is 0.397. The van der Waals surface area contributed by atoms with Crippen molar-refractivity contribution in [1.29, 1.82) is 0 Å². The van der Waals surface area contributed by atoms with Gasteiger partial charge in [0.05, 0.1) is 0 Å². The minimum absolute atomic E-state index is 0.170. The molecule has 0 fully saturated rings. The van der Waals surface area contributed by atoms with Gasteiger partial charge in [-0.05, 0) is 27.2 Å². The Labute approximate surface area is 103 Å². The van der Waals surface area contributed by atoms with Crippen molar-refractivity contribution in [1.82, 2.24) is 20.2 Å². The van der Waals surface area contributed by atoms with Crippen LogP contribution in [-0.2, 0) is 11.2 Å². The molecule has 0 radical (unpaired) electrons. The Morgan fingerprint density at radius 2 is 2.29 bits per heavy atom. The van der Waals surface area contributed by atoms with Crippen LogP contribution in [0.5, 0.6) is 0 Å². The van der Waals surface area contributed by atoms with E-state index in [9.17, 15) is 0 Å². The number of hydrazine groups is 1. The molecular weight excluding hydrogens is 218 g/mol. The van der Waals surface area contributed by atoms with Gasteiger partial charge in [-0.2, -0.15) is 5.10 Å². The summed E-state index contributed by atoms with van der Waals surface area (Å²) in [6.45, 7) is 7.60. The maximum absolute atomic E-state index is 5.53. The lowest BCUT2D eigenvalue weighted by molar-refractivity contribution is 0.136. The van der Waals surface area contributed by atoms with Crippen molar-refractivity contribution in [3.05, 3.63) is 12.2 Å². The molecule has 0 aliphatic rings. The minimum Gasteiger partial charge on any atom is -0.382 e. The minimum atomic E-state index is 0.170. The number of rotatable bonds is 8. The number of nitrogens with zero attached hydrogens (tertiary/aromatic N) is 3. The standard InChI is InChI=1S/C11H23N5O/c1-4-17-6-5-10(15-12)7-11-13-8-14-16(11)9(2)3/h8-10,15H,4-7,12H2,1-3H3. The molecular formula is C11H23N5O. The van der Waals surface area contributed by atoms with E-state index in [0.29, 0.717) is 12.6 Å². The van der Waals surface area contributed by atoms with E-state index in [1.54, 1.807) is 6.33 Å². The summed E-state index contributed by atoms with van der Waals surface area (Å²) in [4.78, 5) is 4.27. The second-order valence-electron chi connectivity index (χ2n) is 4.27. The Balaban J connectivity index is 2.51. The Bertz CT molecular complexity index is 313. The Morgan fingerprint density at radius 1 is 1.53 bits per heavy atom. The van der Waals surface area contributed by atoms with E-state index in [2.05, 4.69) is 29.4 Å². The van der Waals surface area contributed by atoms with Gasteiger partial charge < -0.3 is 4.74 Å². The highest BCUT2D eigenvalue weighted by Gasteiger charge is 2.13. The number of aromatic nitrogens is 3. The first kappa shape index (κ1) is 14.1. The largest absolute Gasteiger partial charge is 0.382 e. The molecule has 1 aromatic heterocycles. The smallest absolute Gasteiger partial charge is 0.138 e. The molecule has 0 spiro atoms. The van der Waals surface area contributed by atoms with E-state index in [0.717, 1.165) is 25.3 Å². The Kier molecular flexibility index (Phi) is 6.10. The van der Waals surface area contributed by atoms with E-state index in [4.69, 9.17) is 10.6 Å². The summed E-state index contributed by atoms with van der Waals surface area (Å²) in [5, 5.41) is 4.21. The third kappa shape index (κ3) is 4.41. The summed E-state index contributed by atoms with van der Waals surface area (Å²) in [7, 11) is 0. The van der Waals surface area contributed by atoms with E-state index >= 15 is 0 Å². The predicted molar refractivity (Wildman–Crippen MR) is 66.3 cm³/mol. The van der Waals surface area contributed by atoms with Crippen LogP contribution in [0.4, 0.5) is 0 Å². The lowest BCUT2D eigenvalue weighted by Crippen LogP contribution is -2.38. The van der Waals surface area contributed by atoms with Gasteiger partial charge in [0.2, 0.25) is 0 Å². The zero-order valence-electron chi connectivity index (χ0n) is 10.9. The SMILES string of the molecule is CCOCCC(Cc1ncnn1C(C)C)NN. The molecule has 17 heavy (non-hydrogen) atoms. The lowest BCUT2D eigenvalue weighted by atomic mass is 10.1. The molecule has 0 saturated carbocycles. The van der Waals surface area contributed by atoms with Crippen LogP contribution in [0.25, 0.3) is 0 Å². The number of ether oxygens (including phenoxy) is 1. The third-order valence-corrected chi connectivity index (χ3v) is 2.62. The zero-order chi connectivity index (χ0) is 12.7. The van der Waals surface area contributed by atoms with Gasteiger partial charge in [-0.15, -0.1) is 0 Å². The van der Waals surface area contributed by atoms with Gasteiger partial charge in [0.15, 0.2) is 0 Å². The molecule has 0 aromatic carbocycles. The highest BCUT2D eigenvalue weighted by Crippen LogP contribution is 2.08. The fraction of sp³-hybridized carbons (Fsp3) is 0.818. The van der Waals surface area contributed by atoms with Gasteiger partial charge in [-0.3, -0.25) is 11.3 Å². The first-order chi connectivity index (χ1) is 8.19. The first-order valence-electron chi connectivity index (χ1n) is 6.11. The van der Waals surface area contributed by atoms with Gasteiger partial charge >= 0.3 is 0 Å². The molecule has 1 unspecified atom stereocenters. The van der Waals surface area contributed by atoms with Gasteiger partial charge in [0.25, 0.3) is 0 Å². The highest BCUT2D eigenvalue weighted by molar-refractivity contribution is 4.90. The average molecular weight is 241 g/mol. The average Bonchev–Trinajstić information content (AvgIpc) is 2.76. The third-order valence-electron chi connectivity index (χ3n) is 2.62. The number of nitrogens with two attached hydrogens (primary N) is 1. The van der Waals surface area contributed by atoms with Crippen LogP contribution in [0.1, 0.15) is 39.1 Å². The van der Waals surface area contributed by atoms with Gasteiger partial charge in [0, 0.05) is 31.7 Å². The maximum atomic E-state index is 5.53. The van der Waals surface area contributed by atoms with Gasteiger partial charge in [-0.25, -0.2) is 9.67 Å². The Morgan fingerprint density at radius 3 is 2.88 bits per heavy atom. The summed E-state index contributed by atoms with van der Waals surface area (Å²) in [5.74, 6) is 6.49. The van der Waals surface area contributed by atoms with Crippen molar-refractivity contribution < 1.29 is 4.74 Å². The lowest BCUT2D eigenvalue weighted by Gasteiger charge is -2.16. The summed E-state index contributed by atoms with van der Waals surface area (Å²) in [6, 6.07) is 0.487. The van der Waals surface area contributed by atoms with E-state index < -0.39 is 0 Å². The topological polar surface area (TPSA) is 78.0 Å². The van der Waals surface area contributed by atoms with Crippen molar-refractivity contribution in [2.24, 2.45) is 5.84 Å². The van der Waals surface area contributed by atoms with Crippen molar-refractivity contribution in [2.75, 3.05) is 13.2 Å². The predicted octanol–water partition coefficient (Wildman–Crippen LogP) is 0.660. The molecule has 3 N–H and O–H groups in total. The molecule has 6 nitrogen and oxygen atoms in total. The molecule has 6 heteroatoms. The highest BCUT2D eigenvalue weighted by atomic mass is 16.5. The summed E-state index contributed by atoms with van der Waals surface area (Å²) >= 11 is 0. The second-order valence-corrected chi connectivity index (χ2v) is 4.27. The molecule has 1 aromatic rings. The van der Waals surface area contributed by atoms with Crippen LogP contribution >= 0.6 is 0 Å². The van der Waals surface area contributed by atoms with E-state index in [1.807, 2.05) is 11.6 Å². The number of hydrogen-bond acceptors (Lipinski definition) is 5. The van der Waals surface area contributed by atoms with E-state index in [-0.39, 0.29) is 6.04 Å². The molecule has 0 amide bonds. The summed E-state index contributed by atoms with van der Waals surface area (Å²) in [6.07, 6.45) is 3.22. The molecule has 0 aliphatic heterocycles. The fourth-order valence-corrected chi connectivity index (χ4v) is 1.69. The van der Waals surface area contributed by atoms with Crippen LogP contribution < -0.4 is 11.3 Å². The normalized spacial score (nSPS) is 13.2. The fourth-order valence-electron chi connectivity index (χ4n) is 1.69. The van der Waals surface area contributed by atoms with Crippen molar-refractivity contribution >= 4 is 0 Å². The zero-order valence-corrected chi connectivity index (χ0v) is 10.9. The van der Waals surface area contributed by atoms with Gasteiger partial charge in [-0.1, -0.05) is 0 Å². The monoisotopic (exact) mass is 241 g/mol. The number of hydrogen-bond donors (Lipinski definition) is 2. The van der Waals surface area contributed by atoms with Crippen LogP contribution in [0, 0.1) is 0 Å². The van der Waals surface area contributed by atoms with Gasteiger partial charge in [0.1, 0.15) is 12.2 Å². The molecule has 0 bridgehead atoms. The van der Waals surface area contributed by atoms with Crippen molar-refractivity contribution in [2.45, 2.75) is 45.7 Å². The molecule has 1 rings (SSSR count). The second kappa shape index (κ2) is 7.37. The van der Waals surface area contributed by atoms with Crippen LogP contribution in [-0.4, -0.2) is 34.0 Å². The summed E-state index contributed by atoms with van der Waals surface area (Å²) in [5.41, 5.74) is 2.80. The van der Waals surface area contributed by atoms with Crippen molar-refractivity contribution in [3.8, 4) is 0 Å². The van der Waals surface area contributed by atoms with Crippen LogP contribution in [0.2, 0.25) is 0 Å². The maximum Gasteiger partial charge on any atom is 0.138 e. The van der Waals surface area contributed by atoms with Crippen LogP contribution in [0.15, 0.2) is 6.33 Å². The van der Waals surface area contributed by atoms with Crippen LogP contribution in [0.3, 0.4) is 0 Å². The molecule has 1 atom stereocenters. The Hall–Kier alpha value is -0.980. The van der Waals surface area contributed by atoms with Crippen molar-refractivity contribution in [3.63, 3.8) is 0 Å². The molecule has 98 valence electrons.